The fourth-order valence-corrected chi connectivity index (χ4v) is 3.10. The molecule has 0 aliphatic heterocycles. The number of aryl methyl sites for hydroxylation is 1. The predicted molar refractivity (Wildman–Crippen MR) is 87.2 cm³/mol. The normalized spacial score (nSPS) is 13.3. The van der Waals surface area contributed by atoms with Gasteiger partial charge in [0.1, 0.15) is 6.26 Å². The van der Waals surface area contributed by atoms with Crippen LogP contribution in [0.5, 0.6) is 0 Å². The van der Waals surface area contributed by atoms with Gasteiger partial charge in [-0.2, -0.15) is 0 Å². The van der Waals surface area contributed by atoms with Gasteiger partial charge < -0.3 is 9.73 Å². The van der Waals surface area contributed by atoms with E-state index in [1.165, 1.54) is 24.7 Å². The van der Waals surface area contributed by atoms with Crippen LogP contribution in [-0.4, -0.2) is 43.6 Å². The fraction of sp³-hybridized carbons (Fsp3) is 0.400. The molecule has 0 radical (unpaired) electrons. The third-order valence-corrected chi connectivity index (χ3v) is 5.36. The predicted octanol–water partition coefficient (Wildman–Crippen LogP) is 2.34. The molecule has 1 aromatic carbocycles. The summed E-state index contributed by atoms with van der Waals surface area (Å²) >= 11 is 0. The molecule has 0 spiro atoms. The molecule has 0 amide bonds. The van der Waals surface area contributed by atoms with E-state index in [1.807, 2.05) is 32.0 Å². The molecule has 0 aliphatic rings. The summed E-state index contributed by atoms with van der Waals surface area (Å²) in [5, 5.41) is 3.21. The number of benzene rings is 1. The van der Waals surface area contributed by atoms with E-state index in [4.69, 9.17) is 4.42 Å². The Labute approximate surface area is 131 Å². The number of rotatable bonds is 6. The van der Waals surface area contributed by atoms with Crippen molar-refractivity contribution in [3.63, 3.8) is 0 Å². The number of nitrogens with one attached hydrogen (secondary N) is 1. The summed E-state index contributed by atoms with van der Waals surface area (Å²) in [5.41, 5.74) is 2.76. The van der Waals surface area contributed by atoms with Crippen molar-refractivity contribution in [1.29, 1.82) is 0 Å². The maximum absolute atomic E-state index is 11.9. The molecule has 2 rings (SSSR count). The maximum atomic E-state index is 11.9. The Morgan fingerprint density at radius 2 is 2.09 bits per heavy atom. The van der Waals surface area contributed by atoms with Gasteiger partial charge in [0.2, 0.25) is 15.9 Å². The molecular formula is C15H21N3O3S. The van der Waals surface area contributed by atoms with Crippen molar-refractivity contribution in [3.05, 3.63) is 36.2 Å². The number of anilines is 1. The van der Waals surface area contributed by atoms with Crippen LogP contribution < -0.4 is 5.32 Å². The van der Waals surface area contributed by atoms with Crippen LogP contribution in [0, 0.1) is 6.92 Å². The number of nitrogens with zero attached hydrogens (tertiary/aromatic N) is 2. The largest absolute Gasteiger partial charge is 0.445 e. The first-order chi connectivity index (χ1) is 10.3. The minimum atomic E-state index is -3.24. The summed E-state index contributed by atoms with van der Waals surface area (Å²) < 4.78 is 30.4. The zero-order chi connectivity index (χ0) is 16.3. The maximum Gasteiger partial charge on any atom is 0.226 e. The third kappa shape index (κ3) is 3.86. The van der Waals surface area contributed by atoms with E-state index in [-0.39, 0.29) is 11.8 Å². The molecule has 1 N–H and O–H groups in total. The highest BCUT2D eigenvalue weighted by Gasteiger charge is 2.18. The van der Waals surface area contributed by atoms with Crippen molar-refractivity contribution in [3.8, 4) is 11.5 Å². The van der Waals surface area contributed by atoms with E-state index in [0.717, 1.165) is 16.8 Å². The first kappa shape index (κ1) is 16.5. The second kappa shape index (κ2) is 6.50. The van der Waals surface area contributed by atoms with Crippen LogP contribution in [0.1, 0.15) is 12.5 Å². The zero-order valence-corrected chi connectivity index (χ0v) is 14.0. The van der Waals surface area contributed by atoms with Crippen LogP contribution in [0.25, 0.3) is 11.5 Å². The average molecular weight is 323 g/mol. The number of oxazole rings is 1. The van der Waals surface area contributed by atoms with E-state index in [0.29, 0.717) is 5.89 Å². The first-order valence-electron chi connectivity index (χ1n) is 6.97. The standard InChI is InChI=1S/C15H21N3O3S/c1-11-5-6-13(9-14(11)15-16-7-8-21-15)17-12(2)10-22(19,20)18(3)4/h5-9,12,17H,10H2,1-4H3. The molecule has 0 saturated heterocycles. The smallest absolute Gasteiger partial charge is 0.226 e. The van der Waals surface area contributed by atoms with Crippen molar-refractivity contribution in [2.24, 2.45) is 0 Å². The molecule has 1 heterocycles. The molecule has 1 atom stereocenters. The summed E-state index contributed by atoms with van der Waals surface area (Å²) in [4.78, 5) is 4.15. The average Bonchev–Trinajstić information content (AvgIpc) is 2.94. The van der Waals surface area contributed by atoms with E-state index in [1.54, 1.807) is 6.20 Å². The Morgan fingerprint density at radius 3 is 2.68 bits per heavy atom. The van der Waals surface area contributed by atoms with Gasteiger partial charge in [0.25, 0.3) is 0 Å². The highest BCUT2D eigenvalue weighted by Crippen LogP contribution is 2.25. The minimum absolute atomic E-state index is 0.0300. The summed E-state index contributed by atoms with van der Waals surface area (Å²) in [6.07, 6.45) is 3.13. The lowest BCUT2D eigenvalue weighted by Gasteiger charge is -2.19. The minimum Gasteiger partial charge on any atom is -0.445 e. The molecule has 120 valence electrons. The quantitative estimate of drug-likeness (QED) is 0.883. The summed E-state index contributed by atoms with van der Waals surface area (Å²) in [6, 6.07) is 5.57. The Bertz CT molecular complexity index is 724. The molecule has 0 saturated carbocycles. The molecule has 2 aromatic rings. The SMILES string of the molecule is Cc1ccc(NC(C)CS(=O)(=O)N(C)C)cc1-c1ncco1. The zero-order valence-electron chi connectivity index (χ0n) is 13.2. The van der Waals surface area contributed by atoms with Crippen LogP contribution in [-0.2, 0) is 10.0 Å². The van der Waals surface area contributed by atoms with E-state index < -0.39 is 10.0 Å². The van der Waals surface area contributed by atoms with Crippen molar-refractivity contribution >= 4 is 15.7 Å². The van der Waals surface area contributed by atoms with Gasteiger partial charge in [0, 0.05) is 31.4 Å². The number of sulfonamides is 1. The Morgan fingerprint density at radius 1 is 1.36 bits per heavy atom. The summed E-state index contributed by atoms with van der Waals surface area (Å²) in [7, 11) is -0.166. The molecule has 0 aliphatic carbocycles. The van der Waals surface area contributed by atoms with Gasteiger partial charge in [0.05, 0.1) is 11.9 Å². The van der Waals surface area contributed by atoms with E-state index >= 15 is 0 Å². The van der Waals surface area contributed by atoms with Gasteiger partial charge in [-0.15, -0.1) is 0 Å². The molecule has 7 heteroatoms. The highest BCUT2D eigenvalue weighted by atomic mass is 32.2. The van der Waals surface area contributed by atoms with E-state index in [2.05, 4.69) is 10.3 Å². The number of hydrogen-bond donors (Lipinski definition) is 1. The number of aromatic nitrogens is 1. The lowest BCUT2D eigenvalue weighted by Crippen LogP contribution is -2.33. The van der Waals surface area contributed by atoms with Crippen LogP contribution in [0.3, 0.4) is 0 Å². The van der Waals surface area contributed by atoms with Crippen LogP contribution in [0.4, 0.5) is 5.69 Å². The van der Waals surface area contributed by atoms with Crippen LogP contribution >= 0.6 is 0 Å². The molecular weight excluding hydrogens is 302 g/mol. The van der Waals surface area contributed by atoms with Gasteiger partial charge in [-0.25, -0.2) is 17.7 Å². The topological polar surface area (TPSA) is 75.4 Å². The van der Waals surface area contributed by atoms with Crippen molar-refractivity contribution < 1.29 is 12.8 Å². The molecule has 22 heavy (non-hydrogen) atoms. The van der Waals surface area contributed by atoms with Gasteiger partial charge in [-0.3, -0.25) is 0 Å². The fourth-order valence-electron chi connectivity index (χ4n) is 2.09. The Kier molecular flexibility index (Phi) is 4.87. The lowest BCUT2D eigenvalue weighted by molar-refractivity contribution is 0.517. The Balaban J connectivity index is 2.16. The molecule has 0 fully saturated rings. The summed E-state index contributed by atoms with van der Waals surface area (Å²) in [6.45, 7) is 3.81. The third-order valence-electron chi connectivity index (χ3n) is 3.33. The Hall–Kier alpha value is -1.86. The van der Waals surface area contributed by atoms with Gasteiger partial charge in [-0.05, 0) is 31.5 Å². The second-order valence-electron chi connectivity index (χ2n) is 5.47. The van der Waals surface area contributed by atoms with Crippen molar-refractivity contribution in [1.82, 2.24) is 9.29 Å². The first-order valence-corrected chi connectivity index (χ1v) is 8.58. The van der Waals surface area contributed by atoms with Crippen molar-refractivity contribution in [2.75, 3.05) is 25.2 Å². The van der Waals surface area contributed by atoms with Crippen molar-refractivity contribution in [2.45, 2.75) is 19.9 Å². The lowest BCUT2D eigenvalue weighted by atomic mass is 10.1. The monoisotopic (exact) mass is 323 g/mol. The van der Waals surface area contributed by atoms with Gasteiger partial charge in [0.15, 0.2) is 0 Å². The van der Waals surface area contributed by atoms with Crippen LogP contribution in [0.15, 0.2) is 35.1 Å². The number of hydrogen-bond acceptors (Lipinski definition) is 5. The van der Waals surface area contributed by atoms with Crippen LogP contribution in [0.2, 0.25) is 0 Å². The second-order valence-corrected chi connectivity index (χ2v) is 7.70. The van der Waals surface area contributed by atoms with E-state index in [9.17, 15) is 8.42 Å². The summed E-state index contributed by atoms with van der Waals surface area (Å²) in [5.74, 6) is 0.581. The molecule has 1 aromatic heterocycles. The van der Waals surface area contributed by atoms with Gasteiger partial charge >= 0.3 is 0 Å². The highest BCUT2D eigenvalue weighted by molar-refractivity contribution is 7.89. The van der Waals surface area contributed by atoms with Gasteiger partial charge in [-0.1, -0.05) is 6.07 Å². The molecule has 0 bridgehead atoms. The molecule has 1 unspecified atom stereocenters. The molecule has 6 nitrogen and oxygen atoms in total.